The van der Waals surface area contributed by atoms with Crippen LogP contribution in [0.5, 0.6) is 0 Å². The number of aryl methyl sites for hydroxylation is 1. The highest BCUT2D eigenvalue weighted by molar-refractivity contribution is 7.80. The molecule has 5 rings (SSSR count). The molecule has 0 amide bonds. The van der Waals surface area contributed by atoms with E-state index in [1.165, 1.54) is 13.2 Å². The second-order valence-electron chi connectivity index (χ2n) is 8.24. The van der Waals surface area contributed by atoms with E-state index >= 15 is 0 Å². The number of hydrogen-bond donors (Lipinski definition) is 1. The van der Waals surface area contributed by atoms with Crippen LogP contribution in [0.15, 0.2) is 85.2 Å². The maximum absolute atomic E-state index is 14.1. The van der Waals surface area contributed by atoms with Crippen LogP contribution < -0.4 is 10.2 Å². The molecule has 6 nitrogen and oxygen atoms in total. The van der Waals surface area contributed by atoms with Gasteiger partial charge in [-0.2, -0.15) is 0 Å². The molecular formula is C27H23FN4O2S. The Morgan fingerprint density at radius 1 is 1.09 bits per heavy atom. The molecule has 35 heavy (non-hydrogen) atoms. The number of thiocarbonyl (C=S) groups is 1. The van der Waals surface area contributed by atoms with Crippen molar-refractivity contribution in [1.82, 2.24) is 14.9 Å². The number of anilines is 1. The molecule has 0 unspecified atom stereocenters. The zero-order valence-electron chi connectivity index (χ0n) is 19.2. The molecule has 0 bridgehead atoms. The Kier molecular flexibility index (Phi) is 6.05. The number of nitrogens with one attached hydrogen (secondary N) is 1. The van der Waals surface area contributed by atoms with Crippen LogP contribution in [0.3, 0.4) is 0 Å². The van der Waals surface area contributed by atoms with Crippen molar-refractivity contribution < 1.29 is 13.9 Å². The molecule has 176 valence electrons. The average molecular weight is 487 g/mol. The van der Waals surface area contributed by atoms with Gasteiger partial charge in [0.1, 0.15) is 11.9 Å². The third kappa shape index (κ3) is 4.06. The molecule has 1 aliphatic rings. The SMILES string of the molecule is COC(=O)c1ccccc1-n1cccc1[C@H]1[C@@H](c2ccccn2)NC(=S)N1c1ccc(F)c(C)c1. The van der Waals surface area contributed by atoms with Crippen LogP contribution in [-0.4, -0.2) is 27.7 Å². The molecule has 4 aromatic rings. The molecule has 3 heterocycles. The van der Waals surface area contributed by atoms with Gasteiger partial charge in [0.2, 0.25) is 0 Å². The first-order valence-corrected chi connectivity index (χ1v) is 11.5. The lowest BCUT2D eigenvalue weighted by Gasteiger charge is -2.29. The number of halogens is 1. The van der Waals surface area contributed by atoms with E-state index in [2.05, 4.69) is 10.3 Å². The number of esters is 1. The quantitative estimate of drug-likeness (QED) is 0.306. The molecule has 2 aromatic carbocycles. The third-order valence-corrected chi connectivity index (χ3v) is 6.48. The van der Waals surface area contributed by atoms with E-state index in [0.29, 0.717) is 21.9 Å². The topological polar surface area (TPSA) is 59.4 Å². The summed E-state index contributed by atoms with van der Waals surface area (Å²) in [6.07, 6.45) is 3.65. The normalized spacial score (nSPS) is 17.3. The van der Waals surface area contributed by atoms with Gasteiger partial charge in [-0.05, 0) is 79.3 Å². The Morgan fingerprint density at radius 3 is 2.63 bits per heavy atom. The molecule has 0 saturated carbocycles. The van der Waals surface area contributed by atoms with E-state index in [0.717, 1.165) is 17.1 Å². The zero-order chi connectivity index (χ0) is 24.5. The average Bonchev–Trinajstić information content (AvgIpc) is 3.50. The van der Waals surface area contributed by atoms with E-state index in [1.807, 2.05) is 58.1 Å². The summed E-state index contributed by atoms with van der Waals surface area (Å²) in [5.41, 5.74) is 4.11. The van der Waals surface area contributed by atoms with Crippen molar-refractivity contribution in [2.45, 2.75) is 19.0 Å². The maximum Gasteiger partial charge on any atom is 0.339 e. The van der Waals surface area contributed by atoms with Crippen LogP contribution in [0.1, 0.15) is 39.4 Å². The largest absolute Gasteiger partial charge is 0.465 e. The van der Waals surface area contributed by atoms with Crippen LogP contribution in [0.25, 0.3) is 5.69 Å². The Bertz CT molecular complexity index is 1410. The standard InChI is InChI=1S/C27H23FN4O2S/c1-17-16-18(12-13-20(17)28)32-25(24(30-27(32)35)21-9-5-6-14-29-21)23-11-7-15-31(23)22-10-4-3-8-19(22)26(33)34-2/h3-16,24-25H,1-2H3,(H,30,35)/t24-,25+/m1/s1. The van der Waals surface area contributed by atoms with Crippen molar-refractivity contribution in [3.8, 4) is 5.69 Å². The monoisotopic (exact) mass is 486 g/mol. The van der Waals surface area contributed by atoms with Crippen LogP contribution >= 0.6 is 12.2 Å². The number of benzene rings is 2. The lowest BCUT2D eigenvalue weighted by Crippen LogP contribution is -2.30. The molecule has 1 saturated heterocycles. The minimum absolute atomic E-state index is 0.278. The summed E-state index contributed by atoms with van der Waals surface area (Å²) in [5.74, 6) is -0.701. The Labute approximate surface area is 208 Å². The summed E-state index contributed by atoms with van der Waals surface area (Å²) in [7, 11) is 1.37. The van der Waals surface area contributed by atoms with Crippen molar-refractivity contribution in [3.63, 3.8) is 0 Å². The maximum atomic E-state index is 14.1. The van der Waals surface area contributed by atoms with Gasteiger partial charge in [0.15, 0.2) is 5.11 Å². The van der Waals surface area contributed by atoms with Crippen LogP contribution in [-0.2, 0) is 4.74 Å². The van der Waals surface area contributed by atoms with E-state index in [9.17, 15) is 9.18 Å². The van der Waals surface area contributed by atoms with E-state index in [4.69, 9.17) is 17.0 Å². The molecule has 0 radical (unpaired) electrons. The van der Waals surface area contributed by atoms with Gasteiger partial charge in [-0.3, -0.25) is 4.98 Å². The van der Waals surface area contributed by atoms with Crippen molar-refractivity contribution >= 4 is 29.0 Å². The fourth-order valence-electron chi connectivity index (χ4n) is 4.53. The molecule has 1 aliphatic heterocycles. The van der Waals surface area contributed by atoms with Gasteiger partial charge in [-0.25, -0.2) is 9.18 Å². The van der Waals surface area contributed by atoms with Crippen molar-refractivity contribution in [2.24, 2.45) is 0 Å². The van der Waals surface area contributed by atoms with Crippen LogP contribution in [0.4, 0.5) is 10.1 Å². The summed E-state index contributed by atoms with van der Waals surface area (Å²) >= 11 is 5.78. The number of rotatable bonds is 5. The van der Waals surface area contributed by atoms with Gasteiger partial charge in [-0.1, -0.05) is 18.2 Å². The van der Waals surface area contributed by atoms with Gasteiger partial charge < -0.3 is 19.5 Å². The number of ether oxygens (including phenoxy) is 1. The second kappa shape index (κ2) is 9.31. The van der Waals surface area contributed by atoms with Crippen molar-refractivity contribution in [3.05, 3.63) is 114 Å². The van der Waals surface area contributed by atoms with Gasteiger partial charge >= 0.3 is 5.97 Å². The third-order valence-electron chi connectivity index (χ3n) is 6.17. The number of para-hydroxylation sites is 1. The van der Waals surface area contributed by atoms with Gasteiger partial charge in [0, 0.05) is 23.8 Å². The number of methoxy groups -OCH3 is 1. The summed E-state index contributed by atoms with van der Waals surface area (Å²) in [5, 5.41) is 3.92. The number of hydrogen-bond acceptors (Lipinski definition) is 4. The van der Waals surface area contributed by atoms with E-state index in [-0.39, 0.29) is 17.9 Å². The molecule has 2 atom stereocenters. The van der Waals surface area contributed by atoms with E-state index in [1.54, 1.807) is 37.4 Å². The first-order valence-electron chi connectivity index (χ1n) is 11.1. The molecule has 0 spiro atoms. The van der Waals surface area contributed by atoms with Gasteiger partial charge in [-0.15, -0.1) is 0 Å². The van der Waals surface area contributed by atoms with Gasteiger partial charge in [0.05, 0.1) is 30.1 Å². The van der Waals surface area contributed by atoms with Crippen LogP contribution in [0.2, 0.25) is 0 Å². The minimum atomic E-state index is -0.424. The lowest BCUT2D eigenvalue weighted by molar-refractivity contribution is 0.0600. The zero-order valence-corrected chi connectivity index (χ0v) is 20.0. The number of nitrogens with zero attached hydrogens (tertiary/aromatic N) is 3. The van der Waals surface area contributed by atoms with Gasteiger partial charge in [0.25, 0.3) is 0 Å². The highest BCUT2D eigenvalue weighted by Crippen LogP contribution is 2.42. The number of aromatic nitrogens is 2. The molecular weight excluding hydrogens is 463 g/mol. The molecule has 0 aliphatic carbocycles. The van der Waals surface area contributed by atoms with Crippen molar-refractivity contribution in [1.29, 1.82) is 0 Å². The van der Waals surface area contributed by atoms with E-state index < -0.39 is 5.97 Å². The fraction of sp³-hybridized carbons (Fsp3) is 0.148. The fourth-order valence-corrected chi connectivity index (χ4v) is 4.88. The number of carbonyl (C=O) groups excluding carboxylic acids is 1. The summed E-state index contributed by atoms with van der Waals surface area (Å²) in [6, 6.07) is 21.3. The molecule has 1 N–H and O–H groups in total. The first kappa shape index (κ1) is 22.7. The highest BCUT2D eigenvalue weighted by Gasteiger charge is 2.42. The summed E-state index contributed by atoms with van der Waals surface area (Å²) in [4.78, 5) is 19.1. The van der Waals surface area contributed by atoms with Crippen molar-refractivity contribution in [2.75, 3.05) is 12.0 Å². The molecule has 2 aromatic heterocycles. The summed E-state index contributed by atoms with van der Waals surface area (Å²) < 4.78 is 21.1. The predicted molar refractivity (Wildman–Crippen MR) is 136 cm³/mol. The summed E-state index contributed by atoms with van der Waals surface area (Å²) in [6.45, 7) is 1.73. The second-order valence-corrected chi connectivity index (χ2v) is 8.63. The Hall–Kier alpha value is -4.04. The lowest BCUT2D eigenvalue weighted by atomic mass is 10.00. The molecule has 8 heteroatoms. The van der Waals surface area contributed by atoms with Crippen LogP contribution in [0, 0.1) is 12.7 Å². The minimum Gasteiger partial charge on any atom is -0.465 e. The molecule has 1 fully saturated rings. The number of pyridine rings is 1. The Morgan fingerprint density at radius 2 is 1.89 bits per heavy atom. The highest BCUT2D eigenvalue weighted by atomic mass is 32.1. The first-order chi connectivity index (χ1) is 17.0. The predicted octanol–water partition coefficient (Wildman–Crippen LogP) is 5.28. The Balaban J connectivity index is 1.70. The smallest absolute Gasteiger partial charge is 0.339 e. The number of carbonyl (C=O) groups is 1.